The molecule has 6 nitrogen and oxygen atoms in total. The van der Waals surface area contributed by atoms with E-state index in [0.717, 1.165) is 58.2 Å². The van der Waals surface area contributed by atoms with Gasteiger partial charge < -0.3 is 18.8 Å². The second-order valence-corrected chi connectivity index (χ2v) is 8.09. The lowest BCUT2D eigenvalue weighted by Gasteiger charge is -2.18. The predicted octanol–water partition coefficient (Wildman–Crippen LogP) is 5.33. The molecule has 2 aromatic carbocycles. The van der Waals surface area contributed by atoms with Crippen molar-refractivity contribution in [3.63, 3.8) is 0 Å². The van der Waals surface area contributed by atoms with Crippen LogP contribution in [0.25, 0.3) is 22.5 Å². The molecule has 0 bridgehead atoms. The smallest absolute Gasteiger partial charge is 0.128 e. The average Bonchev–Trinajstić information content (AvgIpc) is 3.44. The fourth-order valence-electron chi connectivity index (χ4n) is 4.48. The van der Waals surface area contributed by atoms with Crippen LogP contribution in [0.2, 0.25) is 0 Å². The topological polar surface area (TPSA) is 58.4 Å². The standard InChI is InChI=1S/C27H27N3O3/c1-31-22-10-7-19(8-11-22)17-33-18-21-9-12-25-29-26(23-5-3-4-6-24(23)32-2)27(30(21)25)20-13-15-28-16-14-20/h3-8,10-11,13-16,21H,9,12,17-18H2,1-2H3. The van der Waals surface area contributed by atoms with Crippen LogP contribution in [-0.4, -0.2) is 35.4 Å². The molecule has 0 saturated carbocycles. The van der Waals surface area contributed by atoms with Crippen LogP contribution < -0.4 is 9.47 Å². The minimum absolute atomic E-state index is 0.220. The average molecular weight is 442 g/mol. The maximum absolute atomic E-state index is 6.16. The van der Waals surface area contributed by atoms with Crippen molar-refractivity contribution in [2.24, 2.45) is 0 Å². The number of para-hydroxylation sites is 1. The van der Waals surface area contributed by atoms with Gasteiger partial charge >= 0.3 is 0 Å². The minimum Gasteiger partial charge on any atom is -0.497 e. The summed E-state index contributed by atoms with van der Waals surface area (Å²) in [6.07, 6.45) is 5.58. The predicted molar refractivity (Wildman–Crippen MR) is 127 cm³/mol. The van der Waals surface area contributed by atoms with Crippen LogP contribution in [-0.2, 0) is 17.8 Å². The van der Waals surface area contributed by atoms with E-state index in [2.05, 4.69) is 15.6 Å². The number of aromatic nitrogens is 3. The van der Waals surface area contributed by atoms with E-state index in [0.29, 0.717) is 13.2 Å². The van der Waals surface area contributed by atoms with E-state index in [1.165, 1.54) is 0 Å². The Labute approximate surface area is 193 Å². The molecule has 0 radical (unpaired) electrons. The first-order chi connectivity index (χ1) is 16.3. The third-order valence-corrected chi connectivity index (χ3v) is 6.10. The zero-order valence-electron chi connectivity index (χ0n) is 18.9. The molecule has 33 heavy (non-hydrogen) atoms. The molecule has 6 heteroatoms. The largest absolute Gasteiger partial charge is 0.497 e. The molecule has 0 fully saturated rings. The third kappa shape index (κ3) is 4.22. The van der Waals surface area contributed by atoms with Gasteiger partial charge in [-0.05, 0) is 48.4 Å². The Balaban J connectivity index is 1.46. The van der Waals surface area contributed by atoms with Gasteiger partial charge in [0.05, 0.1) is 39.2 Å². The Morgan fingerprint density at radius 2 is 1.73 bits per heavy atom. The highest BCUT2D eigenvalue weighted by atomic mass is 16.5. The molecule has 0 amide bonds. The number of fused-ring (bicyclic) bond motifs is 1. The molecule has 2 aromatic heterocycles. The highest BCUT2D eigenvalue weighted by Gasteiger charge is 2.31. The number of hydrogen-bond donors (Lipinski definition) is 0. The normalized spacial score (nSPS) is 14.8. The quantitative estimate of drug-likeness (QED) is 0.370. The van der Waals surface area contributed by atoms with E-state index in [1.807, 2.05) is 67.0 Å². The Kier molecular flexibility index (Phi) is 6.09. The van der Waals surface area contributed by atoms with E-state index in [4.69, 9.17) is 19.2 Å². The molecule has 1 aliphatic rings. The molecule has 3 heterocycles. The molecule has 0 saturated heterocycles. The van der Waals surface area contributed by atoms with Crippen LogP contribution in [0, 0.1) is 0 Å². The zero-order valence-corrected chi connectivity index (χ0v) is 18.9. The molecule has 0 spiro atoms. The highest BCUT2D eigenvalue weighted by molar-refractivity contribution is 5.82. The van der Waals surface area contributed by atoms with Crippen molar-refractivity contribution in [1.82, 2.24) is 14.5 Å². The van der Waals surface area contributed by atoms with Crippen molar-refractivity contribution in [3.8, 4) is 34.0 Å². The maximum Gasteiger partial charge on any atom is 0.128 e. The first-order valence-electron chi connectivity index (χ1n) is 11.1. The Morgan fingerprint density at radius 3 is 2.48 bits per heavy atom. The van der Waals surface area contributed by atoms with Gasteiger partial charge in [-0.2, -0.15) is 0 Å². The van der Waals surface area contributed by atoms with E-state index in [1.54, 1.807) is 14.2 Å². The molecule has 4 aromatic rings. The van der Waals surface area contributed by atoms with Crippen molar-refractivity contribution in [2.45, 2.75) is 25.5 Å². The summed E-state index contributed by atoms with van der Waals surface area (Å²) < 4.78 is 19.4. The molecule has 1 atom stereocenters. The second kappa shape index (κ2) is 9.46. The molecular formula is C27H27N3O3. The Bertz CT molecular complexity index is 1220. The van der Waals surface area contributed by atoms with Gasteiger partial charge in [-0.15, -0.1) is 0 Å². The number of benzene rings is 2. The number of ether oxygens (including phenoxy) is 3. The lowest BCUT2D eigenvalue weighted by molar-refractivity contribution is 0.0925. The van der Waals surface area contributed by atoms with E-state index >= 15 is 0 Å². The van der Waals surface area contributed by atoms with Gasteiger partial charge in [0, 0.05) is 29.9 Å². The molecule has 5 rings (SSSR count). The fourth-order valence-corrected chi connectivity index (χ4v) is 4.48. The monoisotopic (exact) mass is 441 g/mol. The lowest BCUT2D eigenvalue weighted by atomic mass is 10.0. The highest BCUT2D eigenvalue weighted by Crippen LogP contribution is 2.42. The van der Waals surface area contributed by atoms with Gasteiger partial charge in [0.25, 0.3) is 0 Å². The van der Waals surface area contributed by atoms with Crippen LogP contribution >= 0.6 is 0 Å². The number of pyridine rings is 1. The van der Waals surface area contributed by atoms with Gasteiger partial charge in [0.15, 0.2) is 0 Å². The Hall–Kier alpha value is -3.64. The summed E-state index contributed by atoms with van der Waals surface area (Å²) in [6, 6.07) is 20.3. The van der Waals surface area contributed by atoms with Crippen molar-refractivity contribution >= 4 is 0 Å². The Morgan fingerprint density at radius 1 is 0.939 bits per heavy atom. The summed E-state index contributed by atoms with van der Waals surface area (Å²) >= 11 is 0. The van der Waals surface area contributed by atoms with Crippen molar-refractivity contribution in [1.29, 1.82) is 0 Å². The van der Waals surface area contributed by atoms with Gasteiger partial charge in [0.1, 0.15) is 23.0 Å². The van der Waals surface area contributed by atoms with Crippen LogP contribution in [0.1, 0.15) is 23.9 Å². The molecule has 168 valence electrons. The third-order valence-electron chi connectivity index (χ3n) is 6.10. The number of hydrogen-bond acceptors (Lipinski definition) is 5. The summed E-state index contributed by atoms with van der Waals surface area (Å²) in [5.41, 5.74) is 5.24. The van der Waals surface area contributed by atoms with E-state index in [9.17, 15) is 0 Å². The van der Waals surface area contributed by atoms with Gasteiger partial charge in [-0.3, -0.25) is 4.98 Å². The molecule has 1 aliphatic heterocycles. The number of methoxy groups -OCH3 is 2. The minimum atomic E-state index is 0.220. The maximum atomic E-state index is 6.16. The molecule has 1 unspecified atom stereocenters. The summed E-state index contributed by atoms with van der Waals surface area (Å²) in [6.45, 7) is 1.19. The van der Waals surface area contributed by atoms with Crippen LogP contribution in [0.5, 0.6) is 11.5 Å². The summed E-state index contributed by atoms with van der Waals surface area (Å²) in [7, 11) is 3.37. The van der Waals surface area contributed by atoms with E-state index < -0.39 is 0 Å². The fraction of sp³-hybridized carbons (Fsp3) is 0.259. The number of rotatable bonds is 8. The van der Waals surface area contributed by atoms with Crippen molar-refractivity contribution < 1.29 is 14.2 Å². The first kappa shape index (κ1) is 21.2. The lowest BCUT2D eigenvalue weighted by Crippen LogP contribution is -2.13. The summed E-state index contributed by atoms with van der Waals surface area (Å²) in [5.74, 6) is 2.75. The van der Waals surface area contributed by atoms with Gasteiger partial charge in [-0.1, -0.05) is 24.3 Å². The molecule has 0 N–H and O–H groups in total. The summed E-state index contributed by atoms with van der Waals surface area (Å²) in [4.78, 5) is 9.29. The van der Waals surface area contributed by atoms with E-state index in [-0.39, 0.29) is 6.04 Å². The second-order valence-electron chi connectivity index (χ2n) is 8.09. The zero-order chi connectivity index (χ0) is 22.6. The SMILES string of the molecule is COc1ccc(COCC2CCc3nc(-c4ccccc4OC)c(-c4ccncc4)n32)cc1. The number of imidazole rings is 1. The summed E-state index contributed by atoms with van der Waals surface area (Å²) in [5, 5.41) is 0. The van der Waals surface area contributed by atoms with Crippen LogP contribution in [0.4, 0.5) is 0 Å². The van der Waals surface area contributed by atoms with Gasteiger partial charge in [0.2, 0.25) is 0 Å². The first-order valence-corrected chi connectivity index (χ1v) is 11.1. The number of nitrogens with zero attached hydrogens (tertiary/aromatic N) is 3. The van der Waals surface area contributed by atoms with Crippen molar-refractivity contribution in [3.05, 3.63) is 84.4 Å². The van der Waals surface area contributed by atoms with Crippen molar-refractivity contribution in [2.75, 3.05) is 20.8 Å². The molecule has 0 aliphatic carbocycles. The molecular weight excluding hydrogens is 414 g/mol. The van der Waals surface area contributed by atoms with Gasteiger partial charge in [-0.25, -0.2) is 4.98 Å². The number of aryl methyl sites for hydroxylation is 1. The van der Waals surface area contributed by atoms with Crippen LogP contribution in [0.3, 0.4) is 0 Å². The van der Waals surface area contributed by atoms with Crippen LogP contribution in [0.15, 0.2) is 73.1 Å².